The number of methoxy groups -OCH3 is 2. The first-order chi connectivity index (χ1) is 16.6. The lowest BCUT2D eigenvalue weighted by Crippen LogP contribution is -2.36. The summed E-state index contributed by atoms with van der Waals surface area (Å²) in [7, 11) is 3.03. The van der Waals surface area contributed by atoms with Crippen LogP contribution in [0.15, 0.2) is 65.7 Å². The molecule has 0 radical (unpaired) electrons. The maximum atomic E-state index is 13.2. The van der Waals surface area contributed by atoms with E-state index in [-0.39, 0.29) is 23.1 Å². The van der Waals surface area contributed by atoms with Gasteiger partial charge >= 0.3 is 0 Å². The second-order valence-corrected chi connectivity index (χ2v) is 10.1. The van der Waals surface area contributed by atoms with Crippen LogP contribution in [0.1, 0.15) is 60.1 Å². The molecule has 7 heteroatoms. The SMILES string of the molecule is COc1ccc(C(=O)N/C(=C\c2cccs2)C(=O)NC(C)c2ccc(C(C)(C)C)cc2)cc1OC. The minimum atomic E-state index is -0.425. The second kappa shape index (κ2) is 11.2. The van der Waals surface area contributed by atoms with Crippen LogP contribution in [0.4, 0.5) is 0 Å². The van der Waals surface area contributed by atoms with Crippen molar-refractivity contribution < 1.29 is 19.1 Å². The number of rotatable bonds is 8. The number of thiophene rings is 1. The number of amides is 2. The normalized spacial score (nSPS) is 12.6. The van der Waals surface area contributed by atoms with Crippen molar-refractivity contribution in [1.29, 1.82) is 0 Å². The first-order valence-corrected chi connectivity index (χ1v) is 12.2. The topological polar surface area (TPSA) is 76.7 Å². The van der Waals surface area contributed by atoms with Gasteiger partial charge in [0.15, 0.2) is 11.5 Å². The summed E-state index contributed by atoms with van der Waals surface area (Å²) in [5, 5.41) is 7.68. The van der Waals surface area contributed by atoms with E-state index in [0.29, 0.717) is 17.1 Å². The summed E-state index contributed by atoms with van der Waals surface area (Å²) in [6, 6.07) is 16.6. The number of benzene rings is 2. The molecule has 184 valence electrons. The predicted molar refractivity (Wildman–Crippen MR) is 141 cm³/mol. The van der Waals surface area contributed by atoms with E-state index in [1.54, 1.807) is 24.3 Å². The zero-order chi connectivity index (χ0) is 25.6. The first-order valence-electron chi connectivity index (χ1n) is 11.3. The van der Waals surface area contributed by atoms with Crippen molar-refractivity contribution in [3.8, 4) is 11.5 Å². The molecule has 0 saturated carbocycles. The van der Waals surface area contributed by atoms with Crippen molar-refractivity contribution in [3.05, 3.63) is 87.2 Å². The third kappa shape index (κ3) is 6.73. The Morgan fingerprint density at radius 1 is 0.971 bits per heavy atom. The maximum Gasteiger partial charge on any atom is 0.268 e. The third-order valence-corrected chi connectivity index (χ3v) is 6.41. The van der Waals surface area contributed by atoms with Crippen molar-refractivity contribution in [1.82, 2.24) is 10.6 Å². The molecule has 1 aromatic heterocycles. The van der Waals surface area contributed by atoms with Crippen LogP contribution in [0.25, 0.3) is 6.08 Å². The molecule has 0 spiro atoms. The first kappa shape index (κ1) is 26.0. The zero-order valence-electron chi connectivity index (χ0n) is 21.0. The average Bonchev–Trinajstić information content (AvgIpc) is 3.35. The molecule has 0 aliphatic rings. The Kier molecular flexibility index (Phi) is 8.35. The Morgan fingerprint density at radius 2 is 1.66 bits per heavy atom. The van der Waals surface area contributed by atoms with Crippen LogP contribution in [-0.2, 0) is 10.2 Å². The van der Waals surface area contributed by atoms with Gasteiger partial charge in [-0.1, -0.05) is 51.1 Å². The molecule has 1 atom stereocenters. The number of nitrogens with one attached hydrogen (secondary N) is 2. The molecular weight excluding hydrogens is 460 g/mol. The lowest BCUT2D eigenvalue weighted by Gasteiger charge is -2.21. The molecule has 1 unspecified atom stereocenters. The molecule has 2 N–H and O–H groups in total. The Labute approximate surface area is 211 Å². The number of hydrogen-bond acceptors (Lipinski definition) is 5. The quantitative estimate of drug-likeness (QED) is 0.395. The molecule has 1 heterocycles. The van der Waals surface area contributed by atoms with E-state index in [0.717, 1.165) is 10.4 Å². The van der Waals surface area contributed by atoms with E-state index < -0.39 is 5.91 Å². The van der Waals surface area contributed by atoms with Crippen molar-refractivity contribution in [2.24, 2.45) is 0 Å². The number of ether oxygens (including phenoxy) is 2. The monoisotopic (exact) mass is 492 g/mol. The number of carbonyl (C=O) groups is 2. The van der Waals surface area contributed by atoms with Gasteiger partial charge in [-0.2, -0.15) is 0 Å². The summed E-state index contributed by atoms with van der Waals surface area (Å²) >= 11 is 1.48. The smallest absolute Gasteiger partial charge is 0.268 e. The molecule has 0 fully saturated rings. The van der Waals surface area contributed by atoms with E-state index in [1.807, 2.05) is 36.6 Å². The molecule has 2 aromatic carbocycles. The lowest BCUT2D eigenvalue weighted by atomic mass is 9.86. The summed E-state index contributed by atoms with van der Waals surface area (Å²) in [5.74, 6) is 0.147. The van der Waals surface area contributed by atoms with Gasteiger partial charge in [-0.25, -0.2) is 0 Å². The van der Waals surface area contributed by atoms with Gasteiger partial charge < -0.3 is 20.1 Å². The van der Waals surface area contributed by atoms with Crippen molar-refractivity contribution in [3.63, 3.8) is 0 Å². The van der Waals surface area contributed by atoms with Crippen LogP contribution in [0.3, 0.4) is 0 Å². The molecule has 0 aliphatic heterocycles. The summed E-state index contributed by atoms with van der Waals surface area (Å²) in [6.45, 7) is 8.41. The van der Waals surface area contributed by atoms with E-state index in [9.17, 15) is 9.59 Å². The predicted octanol–water partition coefficient (Wildman–Crippen LogP) is 5.71. The fraction of sp³-hybridized carbons (Fsp3) is 0.286. The average molecular weight is 493 g/mol. The Balaban J connectivity index is 1.81. The van der Waals surface area contributed by atoms with Crippen LogP contribution < -0.4 is 20.1 Å². The zero-order valence-corrected chi connectivity index (χ0v) is 21.8. The maximum absolute atomic E-state index is 13.2. The third-order valence-electron chi connectivity index (χ3n) is 5.59. The van der Waals surface area contributed by atoms with Gasteiger partial charge in [0.05, 0.1) is 20.3 Å². The van der Waals surface area contributed by atoms with E-state index >= 15 is 0 Å². The molecule has 2 amide bonds. The summed E-state index contributed by atoms with van der Waals surface area (Å²) in [6.07, 6.45) is 1.67. The van der Waals surface area contributed by atoms with Gasteiger partial charge in [0, 0.05) is 10.4 Å². The fourth-order valence-electron chi connectivity index (χ4n) is 3.48. The molecule has 35 heavy (non-hydrogen) atoms. The van der Waals surface area contributed by atoms with Gasteiger partial charge in [0.2, 0.25) is 0 Å². The van der Waals surface area contributed by atoms with Gasteiger partial charge in [0.25, 0.3) is 11.8 Å². The van der Waals surface area contributed by atoms with Crippen molar-refractivity contribution in [2.75, 3.05) is 14.2 Å². The highest BCUT2D eigenvalue weighted by atomic mass is 32.1. The molecule has 3 rings (SSSR count). The Bertz CT molecular complexity index is 1190. The highest BCUT2D eigenvalue weighted by Crippen LogP contribution is 2.28. The van der Waals surface area contributed by atoms with Gasteiger partial charge in [-0.15, -0.1) is 11.3 Å². The fourth-order valence-corrected chi connectivity index (χ4v) is 4.13. The summed E-state index contributed by atoms with van der Waals surface area (Å²) in [5.41, 5.74) is 2.76. The van der Waals surface area contributed by atoms with Crippen LogP contribution >= 0.6 is 11.3 Å². The van der Waals surface area contributed by atoms with Crippen LogP contribution in [0.5, 0.6) is 11.5 Å². The van der Waals surface area contributed by atoms with Crippen LogP contribution in [-0.4, -0.2) is 26.0 Å². The Morgan fingerprint density at radius 3 is 2.23 bits per heavy atom. The highest BCUT2D eigenvalue weighted by Gasteiger charge is 2.20. The van der Waals surface area contributed by atoms with E-state index in [4.69, 9.17) is 9.47 Å². The largest absolute Gasteiger partial charge is 0.493 e. The minimum Gasteiger partial charge on any atom is -0.493 e. The van der Waals surface area contributed by atoms with Crippen LogP contribution in [0.2, 0.25) is 0 Å². The number of carbonyl (C=O) groups excluding carboxylic acids is 2. The second-order valence-electron chi connectivity index (χ2n) is 9.16. The van der Waals surface area contributed by atoms with Gasteiger partial charge in [0.1, 0.15) is 5.70 Å². The van der Waals surface area contributed by atoms with E-state index in [2.05, 4.69) is 43.5 Å². The summed E-state index contributed by atoms with van der Waals surface area (Å²) < 4.78 is 10.5. The standard InChI is InChI=1S/C28H32N2O4S/c1-18(19-9-12-21(13-10-19)28(2,3)4)29-27(32)23(17-22-8-7-15-35-22)30-26(31)20-11-14-24(33-5)25(16-20)34-6/h7-18H,1-6H3,(H,29,32)(H,30,31)/b23-17-. The summed E-state index contributed by atoms with van der Waals surface area (Å²) in [4.78, 5) is 27.1. The molecular formula is C28H32N2O4S. The molecule has 0 saturated heterocycles. The van der Waals surface area contributed by atoms with Crippen molar-refractivity contribution in [2.45, 2.75) is 39.2 Å². The van der Waals surface area contributed by atoms with Crippen molar-refractivity contribution >= 4 is 29.2 Å². The van der Waals surface area contributed by atoms with Gasteiger partial charge in [-0.3, -0.25) is 9.59 Å². The molecule has 6 nitrogen and oxygen atoms in total. The molecule has 0 bridgehead atoms. The van der Waals surface area contributed by atoms with Crippen LogP contribution in [0, 0.1) is 0 Å². The minimum absolute atomic E-state index is 0.0516. The van der Waals surface area contributed by atoms with Gasteiger partial charge in [-0.05, 0) is 59.2 Å². The molecule has 0 aliphatic carbocycles. The Hall–Kier alpha value is -3.58. The number of hydrogen-bond donors (Lipinski definition) is 2. The lowest BCUT2D eigenvalue weighted by molar-refractivity contribution is -0.118. The molecule has 3 aromatic rings. The van der Waals surface area contributed by atoms with E-state index in [1.165, 1.54) is 31.1 Å². The highest BCUT2D eigenvalue weighted by molar-refractivity contribution is 7.10.